The van der Waals surface area contributed by atoms with Crippen LogP contribution >= 0.6 is 0 Å². The van der Waals surface area contributed by atoms with Gasteiger partial charge >= 0.3 is 0 Å². The van der Waals surface area contributed by atoms with Crippen molar-refractivity contribution in [1.82, 2.24) is 10.3 Å². The van der Waals surface area contributed by atoms with Crippen LogP contribution in [0.4, 0.5) is 5.69 Å². The Bertz CT molecular complexity index is 958. The van der Waals surface area contributed by atoms with Crippen LogP contribution in [0.1, 0.15) is 26.3 Å². The minimum absolute atomic E-state index is 0.264. The van der Waals surface area contributed by atoms with Gasteiger partial charge in [-0.3, -0.25) is 14.6 Å². The van der Waals surface area contributed by atoms with Crippen LogP contribution in [0.25, 0.3) is 0 Å². The lowest BCUT2D eigenvalue weighted by molar-refractivity contribution is 0.0953. The predicted molar refractivity (Wildman–Crippen MR) is 108 cm³/mol. The summed E-state index contributed by atoms with van der Waals surface area (Å²) < 4.78 is 5.15. The molecule has 2 N–H and O–H groups in total. The maximum Gasteiger partial charge on any atom is 0.257 e. The second-order valence-corrected chi connectivity index (χ2v) is 6.14. The smallest absolute Gasteiger partial charge is 0.257 e. The number of amides is 2. The van der Waals surface area contributed by atoms with Gasteiger partial charge in [0, 0.05) is 30.7 Å². The first kappa shape index (κ1) is 19.1. The molecule has 0 saturated heterocycles. The summed E-state index contributed by atoms with van der Waals surface area (Å²) >= 11 is 0. The van der Waals surface area contributed by atoms with E-state index in [1.54, 1.807) is 31.4 Å². The lowest BCUT2D eigenvalue weighted by Crippen LogP contribution is -2.26. The number of anilines is 1. The lowest BCUT2D eigenvalue weighted by Gasteiger charge is -2.08. The first-order chi connectivity index (χ1) is 13.7. The van der Waals surface area contributed by atoms with Gasteiger partial charge in [0.1, 0.15) is 5.75 Å². The van der Waals surface area contributed by atoms with Crippen molar-refractivity contribution in [2.75, 3.05) is 19.0 Å². The van der Waals surface area contributed by atoms with Gasteiger partial charge in [0.15, 0.2) is 0 Å². The zero-order valence-electron chi connectivity index (χ0n) is 15.5. The number of carbonyl (C=O) groups is 2. The molecule has 1 heterocycles. The topological polar surface area (TPSA) is 80.3 Å². The third-order valence-corrected chi connectivity index (χ3v) is 4.13. The molecule has 6 heteroatoms. The fourth-order valence-corrected chi connectivity index (χ4v) is 2.66. The molecular weight excluding hydrogens is 354 g/mol. The van der Waals surface area contributed by atoms with Gasteiger partial charge in [-0.2, -0.15) is 0 Å². The number of hydrogen-bond acceptors (Lipinski definition) is 4. The van der Waals surface area contributed by atoms with Crippen molar-refractivity contribution in [3.63, 3.8) is 0 Å². The van der Waals surface area contributed by atoms with Gasteiger partial charge in [0.25, 0.3) is 11.8 Å². The molecule has 1 aromatic heterocycles. The van der Waals surface area contributed by atoms with Gasteiger partial charge in [0.05, 0.1) is 18.2 Å². The average Bonchev–Trinajstić information content (AvgIpc) is 2.74. The van der Waals surface area contributed by atoms with Crippen molar-refractivity contribution >= 4 is 17.5 Å². The molecule has 0 aliphatic carbocycles. The largest absolute Gasteiger partial charge is 0.497 e. The van der Waals surface area contributed by atoms with Gasteiger partial charge in [-0.05, 0) is 30.2 Å². The molecule has 0 atom stereocenters. The number of hydrogen-bond donors (Lipinski definition) is 2. The summed E-state index contributed by atoms with van der Waals surface area (Å²) in [6.07, 6.45) is 3.60. The molecule has 2 amide bonds. The molecule has 3 aromatic rings. The molecule has 28 heavy (non-hydrogen) atoms. The summed E-state index contributed by atoms with van der Waals surface area (Å²) in [6, 6.07) is 18.5. The number of methoxy groups -OCH3 is 1. The van der Waals surface area contributed by atoms with E-state index in [-0.39, 0.29) is 11.8 Å². The minimum atomic E-state index is -0.348. The molecule has 3 rings (SSSR count). The van der Waals surface area contributed by atoms with Crippen molar-refractivity contribution < 1.29 is 14.3 Å². The Kier molecular flexibility index (Phi) is 6.36. The Hall–Kier alpha value is -3.67. The maximum absolute atomic E-state index is 12.5. The number of aromatic nitrogens is 1. The highest BCUT2D eigenvalue weighted by Gasteiger charge is 2.12. The molecular formula is C22H21N3O3. The Morgan fingerprint density at radius 3 is 2.43 bits per heavy atom. The highest BCUT2D eigenvalue weighted by atomic mass is 16.5. The predicted octanol–water partition coefficient (Wildman–Crippen LogP) is 3.32. The quantitative estimate of drug-likeness (QED) is 0.664. The molecule has 0 unspecified atom stereocenters. The molecule has 0 bridgehead atoms. The monoisotopic (exact) mass is 375 g/mol. The fraction of sp³-hybridized carbons (Fsp3) is 0.136. The van der Waals surface area contributed by atoms with Crippen LogP contribution in [-0.4, -0.2) is 30.5 Å². The minimum Gasteiger partial charge on any atom is -0.497 e. The summed E-state index contributed by atoms with van der Waals surface area (Å²) in [6.45, 7) is 0.503. The van der Waals surface area contributed by atoms with Crippen molar-refractivity contribution in [3.05, 3.63) is 89.7 Å². The Labute approximate surface area is 163 Å². The van der Waals surface area contributed by atoms with E-state index < -0.39 is 0 Å². The first-order valence-electron chi connectivity index (χ1n) is 8.88. The Morgan fingerprint density at radius 2 is 1.68 bits per heavy atom. The fourth-order valence-electron chi connectivity index (χ4n) is 2.66. The summed E-state index contributed by atoms with van der Waals surface area (Å²) in [7, 11) is 1.56. The zero-order valence-corrected chi connectivity index (χ0v) is 15.5. The van der Waals surface area contributed by atoms with Gasteiger partial charge in [-0.1, -0.05) is 36.4 Å². The third kappa shape index (κ3) is 5.17. The number of pyridine rings is 1. The van der Waals surface area contributed by atoms with E-state index in [9.17, 15) is 9.59 Å². The van der Waals surface area contributed by atoms with E-state index in [1.165, 1.54) is 18.5 Å². The van der Waals surface area contributed by atoms with Crippen LogP contribution in [0.3, 0.4) is 0 Å². The number of benzene rings is 2. The van der Waals surface area contributed by atoms with E-state index in [4.69, 9.17) is 4.74 Å². The van der Waals surface area contributed by atoms with Gasteiger partial charge in [-0.15, -0.1) is 0 Å². The summed E-state index contributed by atoms with van der Waals surface area (Å²) in [4.78, 5) is 28.8. The molecule has 6 nitrogen and oxygen atoms in total. The van der Waals surface area contributed by atoms with Crippen molar-refractivity contribution in [3.8, 4) is 5.75 Å². The second-order valence-electron chi connectivity index (χ2n) is 6.14. The summed E-state index contributed by atoms with van der Waals surface area (Å²) in [5, 5.41) is 5.62. The molecule has 0 aliphatic rings. The number of nitrogens with zero attached hydrogens (tertiary/aromatic N) is 1. The van der Waals surface area contributed by atoms with Crippen molar-refractivity contribution in [2.45, 2.75) is 6.42 Å². The SMILES string of the molecule is COc1cccc(NC(=O)c2cncc(C(=O)NCCc3ccccc3)c2)c1. The summed E-state index contributed by atoms with van der Waals surface area (Å²) in [5.74, 6) is 0.0293. The number of rotatable bonds is 7. The Morgan fingerprint density at radius 1 is 0.929 bits per heavy atom. The molecule has 0 fully saturated rings. The van der Waals surface area contributed by atoms with E-state index in [0.29, 0.717) is 29.1 Å². The second kappa shape index (κ2) is 9.32. The number of carbonyl (C=O) groups excluding carboxylic acids is 2. The molecule has 0 aliphatic heterocycles. The number of ether oxygens (including phenoxy) is 1. The average molecular weight is 375 g/mol. The zero-order chi connectivity index (χ0) is 19.8. The van der Waals surface area contributed by atoms with Gasteiger partial charge in [0.2, 0.25) is 0 Å². The molecule has 0 spiro atoms. The normalized spacial score (nSPS) is 10.2. The van der Waals surface area contributed by atoms with Crippen molar-refractivity contribution in [2.24, 2.45) is 0 Å². The highest BCUT2D eigenvalue weighted by molar-refractivity contribution is 6.05. The van der Waals surface area contributed by atoms with E-state index >= 15 is 0 Å². The maximum atomic E-state index is 12.5. The van der Waals surface area contributed by atoms with Crippen LogP contribution in [0.2, 0.25) is 0 Å². The standard InChI is InChI=1S/C22H21N3O3/c1-28-20-9-5-8-19(13-20)25-22(27)18-12-17(14-23-15-18)21(26)24-11-10-16-6-3-2-4-7-16/h2-9,12-15H,10-11H2,1H3,(H,24,26)(H,25,27). The molecule has 0 radical (unpaired) electrons. The van der Waals surface area contributed by atoms with E-state index in [2.05, 4.69) is 15.6 Å². The van der Waals surface area contributed by atoms with Crippen molar-refractivity contribution in [1.29, 1.82) is 0 Å². The number of nitrogens with one attached hydrogen (secondary N) is 2. The molecule has 0 saturated carbocycles. The van der Waals surface area contributed by atoms with Crippen LogP contribution in [0.15, 0.2) is 73.1 Å². The Balaban J connectivity index is 1.60. The van der Waals surface area contributed by atoms with Gasteiger partial charge in [-0.25, -0.2) is 0 Å². The highest BCUT2D eigenvalue weighted by Crippen LogP contribution is 2.17. The van der Waals surface area contributed by atoms with E-state index in [0.717, 1.165) is 12.0 Å². The van der Waals surface area contributed by atoms with Gasteiger partial charge < -0.3 is 15.4 Å². The molecule has 142 valence electrons. The van der Waals surface area contributed by atoms with Crippen LogP contribution in [0.5, 0.6) is 5.75 Å². The third-order valence-electron chi connectivity index (χ3n) is 4.13. The summed E-state index contributed by atoms with van der Waals surface area (Å²) in [5.41, 5.74) is 2.39. The lowest BCUT2D eigenvalue weighted by atomic mass is 10.1. The van der Waals surface area contributed by atoms with Crippen LogP contribution < -0.4 is 15.4 Å². The molecule has 2 aromatic carbocycles. The van der Waals surface area contributed by atoms with Crippen LogP contribution in [-0.2, 0) is 6.42 Å². The first-order valence-corrected chi connectivity index (χ1v) is 8.88. The van der Waals surface area contributed by atoms with Crippen LogP contribution in [0, 0.1) is 0 Å². The van der Waals surface area contributed by atoms with E-state index in [1.807, 2.05) is 30.3 Å².